The average molecular weight is 348 g/mol. The zero-order valence-corrected chi connectivity index (χ0v) is 14.0. The number of rotatable bonds is 5. The fourth-order valence-electron chi connectivity index (χ4n) is 2.64. The van der Waals surface area contributed by atoms with Gasteiger partial charge < -0.3 is 10.0 Å². The van der Waals surface area contributed by atoms with E-state index in [1.807, 2.05) is 0 Å². The zero-order chi connectivity index (χ0) is 17.3. The zero-order valence-electron chi connectivity index (χ0n) is 13.3. The summed E-state index contributed by atoms with van der Waals surface area (Å²) in [6, 6.07) is 8.52. The maximum atomic E-state index is 12.7. The Labute approximate surface area is 144 Å². The summed E-state index contributed by atoms with van der Waals surface area (Å²) in [5.41, 5.74) is 0.730. The molecule has 1 N–H and O–H groups in total. The van der Waals surface area contributed by atoms with Crippen LogP contribution in [0.3, 0.4) is 0 Å². The highest BCUT2D eigenvalue weighted by Crippen LogP contribution is 2.27. The standard InChI is InChI=1S/C17H18ClN3O3/c1-11-9-15(23)16(17(24)20(7-8-22)13-5-6-13)19-21(11)14-4-2-3-12(18)10-14/h2-4,9-10,13,22H,5-8H2,1H3. The van der Waals surface area contributed by atoms with Gasteiger partial charge in [-0.1, -0.05) is 17.7 Å². The Morgan fingerprint density at radius 3 is 2.79 bits per heavy atom. The number of benzene rings is 1. The largest absolute Gasteiger partial charge is 0.395 e. The molecule has 0 unspecified atom stereocenters. The lowest BCUT2D eigenvalue weighted by Gasteiger charge is -2.21. The summed E-state index contributed by atoms with van der Waals surface area (Å²) in [7, 11) is 0. The number of aliphatic hydroxyl groups excluding tert-OH is 1. The summed E-state index contributed by atoms with van der Waals surface area (Å²) in [5, 5.41) is 14.0. The number of aliphatic hydroxyl groups is 1. The molecule has 0 aliphatic heterocycles. The highest BCUT2D eigenvalue weighted by molar-refractivity contribution is 6.30. The summed E-state index contributed by atoms with van der Waals surface area (Å²) in [6.07, 6.45) is 1.78. The third kappa shape index (κ3) is 3.34. The molecule has 7 heteroatoms. The molecule has 0 spiro atoms. The molecule has 1 fully saturated rings. The minimum absolute atomic E-state index is 0.0896. The molecule has 1 aliphatic carbocycles. The van der Waals surface area contributed by atoms with E-state index in [0.717, 1.165) is 12.8 Å². The van der Waals surface area contributed by atoms with Crippen LogP contribution >= 0.6 is 11.6 Å². The molecule has 1 saturated carbocycles. The van der Waals surface area contributed by atoms with Crippen LogP contribution in [-0.4, -0.2) is 44.9 Å². The molecule has 0 atom stereocenters. The van der Waals surface area contributed by atoms with Gasteiger partial charge in [0, 0.05) is 29.4 Å². The summed E-state index contributed by atoms with van der Waals surface area (Å²) in [4.78, 5) is 26.5. The Balaban J connectivity index is 2.04. The summed E-state index contributed by atoms with van der Waals surface area (Å²) >= 11 is 6.02. The third-order valence-electron chi connectivity index (χ3n) is 3.95. The summed E-state index contributed by atoms with van der Waals surface area (Å²) < 4.78 is 1.53. The first-order valence-electron chi connectivity index (χ1n) is 7.80. The molecule has 6 nitrogen and oxygen atoms in total. The number of carbonyl (C=O) groups is 1. The smallest absolute Gasteiger partial charge is 0.278 e. The number of halogens is 1. The molecular weight excluding hydrogens is 330 g/mol. The number of aryl methyl sites for hydroxylation is 1. The minimum Gasteiger partial charge on any atom is -0.395 e. The van der Waals surface area contributed by atoms with Gasteiger partial charge in [0.2, 0.25) is 5.43 Å². The van der Waals surface area contributed by atoms with Crippen LogP contribution in [0.25, 0.3) is 5.69 Å². The first-order valence-corrected chi connectivity index (χ1v) is 8.18. The van der Waals surface area contributed by atoms with Gasteiger partial charge in [0.05, 0.1) is 12.3 Å². The molecule has 1 aliphatic rings. The van der Waals surface area contributed by atoms with Gasteiger partial charge >= 0.3 is 0 Å². The lowest BCUT2D eigenvalue weighted by molar-refractivity contribution is 0.0698. The van der Waals surface area contributed by atoms with Crippen molar-refractivity contribution in [1.82, 2.24) is 14.7 Å². The number of amides is 1. The van der Waals surface area contributed by atoms with Crippen LogP contribution in [0.4, 0.5) is 0 Å². The van der Waals surface area contributed by atoms with E-state index >= 15 is 0 Å². The Kier molecular flexibility index (Phi) is 4.69. The lowest BCUT2D eigenvalue weighted by Crippen LogP contribution is -2.39. The van der Waals surface area contributed by atoms with E-state index < -0.39 is 11.3 Å². The average Bonchev–Trinajstić information content (AvgIpc) is 3.37. The SMILES string of the molecule is Cc1cc(=O)c(C(=O)N(CCO)C2CC2)nn1-c1cccc(Cl)c1. The quantitative estimate of drug-likeness (QED) is 0.894. The third-order valence-corrected chi connectivity index (χ3v) is 4.19. The number of carbonyl (C=O) groups excluding carboxylic acids is 1. The Hall–Kier alpha value is -2.18. The van der Waals surface area contributed by atoms with Crippen LogP contribution in [-0.2, 0) is 0 Å². The highest BCUT2D eigenvalue weighted by atomic mass is 35.5. The first kappa shape index (κ1) is 16.7. The van der Waals surface area contributed by atoms with Gasteiger partial charge in [-0.15, -0.1) is 0 Å². The van der Waals surface area contributed by atoms with Gasteiger partial charge in [0.15, 0.2) is 5.69 Å². The normalized spacial score (nSPS) is 13.8. The van der Waals surface area contributed by atoms with Crippen molar-refractivity contribution >= 4 is 17.5 Å². The van der Waals surface area contributed by atoms with E-state index in [-0.39, 0.29) is 24.9 Å². The highest BCUT2D eigenvalue weighted by Gasteiger charge is 2.34. The van der Waals surface area contributed by atoms with Crippen molar-refractivity contribution < 1.29 is 9.90 Å². The molecule has 24 heavy (non-hydrogen) atoms. The molecule has 0 saturated heterocycles. The van der Waals surface area contributed by atoms with Gasteiger partial charge in [0.1, 0.15) is 0 Å². The monoisotopic (exact) mass is 347 g/mol. The molecule has 126 valence electrons. The van der Waals surface area contributed by atoms with E-state index in [1.54, 1.807) is 31.2 Å². The summed E-state index contributed by atoms with van der Waals surface area (Å²) in [5.74, 6) is -0.438. The van der Waals surface area contributed by atoms with Crippen molar-refractivity contribution in [1.29, 1.82) is 0 Å². The van der Waals surface area contributed by atoms with Crippen LogP contribution < -0.4 is 5.43 Å². The van der Waals surface area contributed by atoms with Crippen LogP contribution in [0.1, 0.15) is 29.0 Å². The topological polar surface area (TPSA) is 75.4 Å². The van der Waals surface area contributed by atoms with Crippen molar-refractivity contribution in [2.75, 3.05) is 13.2 Å². The van der Waals surface area contributed by atoms with Gasteiger partial charge in [0.25, 0.3) is 5.91 Å². The predicted molar refractivity (Wildman–Crippen MR) is 90.7 cm³/mol. The van der Waals surface area contributed by atoms with Crippen molar-refractivity contribution in [3.05, 3.63) is 57.0 Å². The Bertz CT molecular complexity index is 830. The summed E-state index contributed by atoms with van der Waals surface area (Å²) in [6.45, 7) is 1.81. The second kappa shape index (κ2) is 6.75. The molecule has 2 aromatic rings. The molecule has 0 bridgehead atoms. The lowest BCUT2D eigenvalue weighted by atomic mass is 10.2. The van der Waals surface area contributed by atoms with Crippen molar-refractivity contribution in [3.8, 4) is 5.69 Å². The number of aromatic nitrogens is 2. The molecule has 3 rings (SSSR count). The van der Waals surface area contributed by atoms with Gasteiger partial charge in [-0.25, -0.2) is 4.68 Å². The van der Waals surface area contributed by atoms with E-state index in [0.29, 0.717) is 16.4 Å². The second-order valence-corrected chi connectivity index (χ2v) is 6.28. The number of hydrogen-bond acceptors (Lipinski definition) is 4. The molecule has 1 aromatic heterocycles. The molecule has 1 heterocycles. The van der Waals surface area contributed by atoms with Gasteiger partial charge in [-0.2, -0.15) is 5.10 Å². The van der Waals surface area contributed by atoms with E-state index in [9.17, 15) is 14.7 Å². The van der Waals surface area contributed by atoms with E-state index in [2.05, 4.69) is 5.10 Å². The van der Waals surface area contributed by atoms with Crippen molar-refractivity contribution in [3.63, 3.8) is 0 Å². The Morgan fingerprint density at radius 2 is 2.17 bits per heavy atom. The predicted octanol–water partition coefficient (Wildman–Crippen LogP) is 1.79. The fourth-order valence-corrected chi connectivity index (χ4v) is 2.83. The van der Waals surface area contributed by atoms with E-state index in [4.69, 9.17) is 11.6 Å². The van der Waals surface area contributed by atoms with Crippen molar-refractivity contribution in [2.24, 2.45) is 0 Å². The minimum atomic E-state index is -0.438. The van der Waals surface area contributed by atoms with Gasteiger partial charge in [-0.05, 0) is 38.0 Å². The van der Waals surface area contributed by atoms with Crippen LogP contribution in [0.5, 0.6) is 0 Å². The first-order chi connectivity index (χ1) is 11.5. The van der Waals surface area contributed by atoms with Crippen LogP contribution in [0.2, 0.25) is 5.02 Å². The fraction of sp³-hybridized carbons (Fsp3) is 0.353. The molecule has 1 amide bonds. The maximum Gasteiger partial charge on any atom is 0.278 e. The maximum absolute atomic E-state index is 12.7. The van der Waals surface area contributed by atoms with Crippen LogP contribution in [0, 0.1) is 6.92 Å². The Morgan fingerprint density at radius 1 is 1.42 bits per heavy atom. The van der Waals surface area contributed by atoms with Crippen LogP contribution in [0.15, 0.2) is 35.1 Å². The number of hydrogen-bond donors (Lipinski definition) is 1. The molecule has 0 radical (unpaired) electrons. The van der Waals surface area contributed by atoms with Crippen molar-refractivity contribution in [2.45, 2.75) is 25.8 Å². The molecule has 1 aromatic carbocycles. The van der Waals surface area contributed by atoms with Gasteiger partial charge in [-0.3, -0.25) is 9.59 Å². The van der Waals surface area contributed by atoms with E-state index in [1.165, 1.54) is 15.6 Å². The number of nitrogens with zero attached hydrogens (tertiary/aromatic N) is 3. The molecular formula is C17H18ClN3O3. The second-order valence-electron chi connectivity index (χ2n) is 5.84.